The van der Waals surface area contributed by atoms with Crippen molar-refractivity contribution in [2.75, 3.05) is 13.1 Å². The molecule has 0 spiro atoms. The van der Waals surface area contributed by atoms with E-state index in [4.69, 9.17) is 9.47 Å². The van der Waals surface area contributed by atoms with Gasteiger partial charge in [0, 0.05) is 24.9 Å². The Balaban J connectivity index is 0.000000221. The van der Waals surface area contributed by atoms with Crippen LogP contribution in [0.15, 0.2) is 23.3 Å². The maximum Gasteiger partial charge on any atom is 0.407 e. The standard InChI is InChI=1S/2C34H59NO3/c2*1-7-8-9-10-20-35-32(37)38-30-22-29-27-15-14-25-21-26(36)16-18-33(25,5)28(27)17-19-34(29,6)31(30)24(4)13-11-12-23(2)3/h2*14,23-24,26-31,36H,7-13,15-22H2,1-6H3,(H,35,37)/t2*24-,26+,27-,28+,29+,30?,31+,33+,34+/m11/s1. The summed E-state index contributed by atoms with van der Waals surface area (Å²) in [6, 6.07) is 0. The number of hydrogen-bond acceptors (Lipinski definition) is 6. The number of aliphatic hydroxyl groups is 2. The molecule has 0 heterocycles. The molecule has 0 saturated heterocycles. The van der Waals surface area contributed by atoms with Gasteiger partial charge in [0.1, 0.15) is 12.2 Å². The van der Waals surface area contributed by atoms with E-state index in [1.165, 1.54) is 114 Å². The first-order valence-electron chi connectivity index (χ1n) is 32.8. The van der Waals surface area contributed by atoms with Gasteiger partial charge < -0.3 is 30.3 Å². The number of amides is 2. The zero-order valence-corrected chi connectivity index (χ0v) is 51.1. The number of rotatable bonds is 22. The van der Waals surface area contributed by atoms with Gasteiger partial charge in [-0.25, -0.2) is 9.59 Å². The monoisotopic (exact) mass is 1060 g/mol. The van der Waals surface area contributed by atoms with Gasteiger partial charge >= 0.3 is 12.2 Å². The van der Waals surface area contributed by atoms with Crippen molar-refractivity contribution in [1.29, 1.82) is 0 Å². The van der Waals surface area contributed by atoms with Crippen molar-refractivity contribution >= 4 is 12.2 Å². The van der Waals surface area contributed by atoms with Crippen molar-refractivity contribution < 1.29 is 29.3 Å². The molecule has 8 nitrogen and oxygen atoms in total. The smallest absolute Gasteiger partial charge is 0.407 e. The second kappa shape index (κ2) is 27.1. The SMILES string of the molecule is CCCCCCNC(=O)OC1C[C@H]2[C@@H]3CC=C4C[C@@H](O)CC[C@]4(C)[C@H]3CC[C@]2(C)[C@H]1[C@H](C)CCCC(C)C.CCCCCCNC(=O)OC1C[C@H]2[C@@H]3CC=C4C[C@@H](O)CC[C@]4(C)[C@H]3CC[C@]2(C)[C@H]1[C@H](C)CCCC(C)C. The fourth-order valence-corrected chi connectivity index (χ4v) is 19.5. The van der Waals surface area contributed by atoms with Crippen LogP contribution in [-0.2, 0) is 9.47 Å². The van der Waals surface area contributed by atoms with Crippen molar-refractivity contribution in [3.8, 4) is 0 Å². The second-order valence-corrected chi connectivity index (χ2v) is 29.4. The van der Waals surface area contributed by atoms with E-state index >= 15 is 0 Å². The summed E-state index contributed by atoms with van der Waals surface area (Å²) in [4.78, 5) is 26.0. The van der Waals surface area contributed by atoms with Gasteiger partial charge in [0.2, 0.25) is 0 Å². The van der Waals surface area contributed by atoms with Gasteiger partial charge in [-0.2, -0.15) is 0 Å². The molecule has 0 bridgehead atoms. The van der Waals surface area contributed by atoms with Crippen LogP contribution in [0.25, 0.3) is 0 Å². The van der Waals surface area contributed by atoms with Gasteiger partial charge in [-0.3, -0.25) is 0 Å². The number of fused-ring (bicyclic) bond motifs is 10. The van der Waals surface area contributed by atoms with Crippen molar-refractivity contribution in [2.45, 2.75) is 287 Å². The highest BCUT2D eigenvalue weighted by Gasteiger charge is 2.64. The van der Waals surface area contributed by atoms with Crippen molar-refractivity contribution in [1.82, 2.24) is 10.6 Å². The Bertz CT molecular complexity index is 1780. The Labute approximate surface area is 466 Å². The minimum atomic E-state index is -0.191. The van der Waals surface area contributed by atoms with Crippen LogP contribution in [0.1, 0.15) is 263 Å². The third kappa shape index (κ3) is 13.8. The van der Waals surface area contributed by atoms with E-state index in [0.717, 1.165) is 102 Å². The summed E-state index contributed by atoms with van der Waals surface area (Å²) in [6.07, 6.45) is 36.6. The highest BCUT2D eigenvalue weighted by atomic mass is 16.6. The molecule has 0 aliphatic heterocycles. The molecule has 4 N–H and O–H groups in total. The molecule has 8 heteroatoms. The molecule has 18 atom stereocenters. The largest absolute Gasteiger partial charge is 0.446 e. The van der Waals surface area contributed by atoms with Crippen molar-refractivity contribution in [3.05, 3.63) is 23.3 Å². The average molecular weight is 1060 g/mol. The normalized spacial score (nSPS) is 39.1. The zero-order chi connectivity index (χ0) is 55.0. The maximum absolute atomic E-state index is 13.0. The van der Waals surface area contributed by atoms with Gasteiger partial charge in [0.05, 0.1) is 12.2 Å². The van der Waals surface area contributed by atoms with E-state index in [0.29, 0.717) is 59.2 Å². The van der Waals surface area contributed by atoms with Crippen LogP contribution in [0.3, 0.4) is 0 Å². The molecule has 0 aromatic carbocycles. The summed E-state index contributed by atoms with van der Waals surface area (Å²) < 4.78 is 12.7. The van der Waals surface area contributed by atoms with E-state index in [2.05, 4.69) is 106 Å². The molecule has 8 aliphatic carbocycles. The van der Waals surface area contributed by atoms with Crippen LogP contribution < -0.4 is 10.6 Å². The van der Waals surface area contributed by atoms with E-state index < -0.39 is 0 Å². The van der Waals surface area contributed by atoms with E-state index in [1.807, 2.05) is 0 Å². The molecule has 6 saturated carbocycles. The lowest BCUT2D eigenvalue weighted by molar-refractivity contribution is -0.0626. The lowest BCUT2D eigenvalue weighted by Gasteiger charge is -2.58. The molecule has 76 heavy (non-hydrogen) atoms. The number of aliphatic hydroxyl groups excluding tert-OH is 2. The lowest BCUT2D eigenvalue weighted by atomic mass is 9.47. The van der Waals surface area contributed by atoms with Crippen LogP contribution in [0.5, 0.6) is 0 Å². The fraction of sp³-hybridized carbons (Fsp3) is 0.912. The molecular weight excluding hydrogens is 941 g/mol. The summed E-state index contributed by atoms with van der Waals surface area (Å²) in [5, 5.41) is 26.9. The first kappa shape index (κ1) is 61.6. The number of alkyl carbamates (subject to hydrolysis) is 2. The summed E-state index contributed by atoms with van der Waals surface area (Å²) in [6.45, 7) is 30.2. The van der Waals surface area contributed by atoms with E-state index in [1.54, 1.807) is 0 Å². The number of hydrogen-bond donors (Lipinski definition) is 4. The number of allylic oxidation sites excluding steroid dienone is 2. The van der Waals surface area contributed by atoms with E-state index in [9.17, 15) is 19.8 Å². The number of carbonyl (C=O) groups is 2. The van der Waals surface area contributed by atoms with Gasteiger partial charge in [-0.1, -0.05) is 183 Å². The number of carbonyl (C=O) groups excluding carboxylic acids is 2. The number of unbranched alkanes of at least 4 members (excludes halogenated alkanes) is 6. The Kier molecular flexibility index (Phi) is 22.0. The Morgan fingerprint density at radius 3 is 1.30 bits per heavy atom. The van der Waals surface area contributed by atoms with Gasteiger partial charge in [0.25, 0.3) is 0 Å². The van der Waals surface area contributed by atoms with Crippen molar-refractivity contribution in [3.63, 3.8) is 0 Å². The van der Waals surface area contributed by atoms with Crippen LogP contribution in [0, 0.1) is 92.7 Å². The number of ether oxygens (including phenoxy) is 2. The van der Waals surface area contributed by atoms with Crippen LogP contribution in [-0.4, -0.2) is 59.9 Å². The molecule has 6 fully saturated rings. The van der Waals surface area contributed by atoms with Crippen LogP contribution >= 0.6 is 0 Å². The molecule has 8 rings (SSSR count). The van der Waals surface area contributed by atoms with Crippen molar-refractivity contribution in [2.24, 2.45) is 92.7 Å². The first-order chi connectivity index (χ1) is 36.2. The Morgan fingerprint density at radius 1 is 0.539 bits per heavy atom. The molecule has 0 aromatic rings. The highest BCUT2D eigenvalue weighted by molar-refractivity contribution is 5.67. The van der Waals surface area contributed by atoms with Gasteiger partial charge in [-0.15, -0.1) is 0 Å². The summed E-state index contributed by atoms with van der Waals surface area (Å²) in [5.41, 5.74) is 4.04. The summed E-state index contributed by atoms with van der Waals surface area (Å²) in [5.74, 6) is 7.49. The predicted molar refractivity (Wildman–Crippen MR) is 314 cm³/mol. The maximum atomic E-state index is 13.0. The quantitative estimate of drug-likeness (QED) is 0.0634. The Morgan fingerprint density at radius 2 is 0.934 bits per heavy atom. The predicted octanol–water partition coefficient (Wildman–Crippen LogP) is 17.3. The molecule has 2 amide bonds. The van der Waals surface area contributed by atoms with Crippen LogP contribution in [0.4, 0.5) is 9.59 Å². The molecular formula is C68H118N2O6. The second-order valence-electron chi connectivity index (χ2n) is 29.4. The fourth-order valence-electron chi connectivity index (χ4n) is 19.5. The molecule has 0 radical (unpaired) electrons. The molecule has 436 valence electrons. The lowest BCUT2D eigenvalue weighted by Crippen LogP contribution is -2.51. The van der Waals surface area contributed by atoms with Crippen LogP contribution in [0.2, 0.25) is 0 Å². The number of nitrogens with one attached hydrogen (secondary N) is 2. The van der Waals surface area contributed by atoms with Gasteiger partial charge in [-0.05, 0) is 184 Å². The molecule has 8 aliphatic rings. The topological polar surface area (TPSA) is 117 Å². The molecule has 2 unspecified atom stereocenters. The average Bonchev–Trinajstić information content (AvgIpc) is 3.88. The highest BCUT2D eigenvalue weighted by Crippen LogP contribution is 2.69. The summed E-state index contributed by atoms with van der Waals surface area (Å²) >= 11 is 0. The minimum absolute atomic E-state index is 0.0276. The Hall–Kier alpha value is -2.06. The first-order valence-corrected chi connectivity index (χ1v) is 32.8. The van der Waals surface area contributed by atoms with Gasteiger partial charge in [0.15, 0.2) is 0 Å². The minimum Gasteiger partial charge on any atom is -0.446 e. The van der Waals surface area contributed by atoms with E-state index in [-0.39, 0.29) is 58.3 Å². The third-order valence-electron chi connectivity index (χ3n) is 23.6. The third-order valence-corrected chi connectivity index (χ3v) is 23.6. The summed E-state index contributed by atoms with van der Waals surface area (Å²) in [7, 11) is 0. The molecule has 0 aromatic heterocycles. The zero-order valence-electron chi connectivity index (χ0n) is 51.1.